The topological polar surface area (TPSA) is 81.9 Å². The summed E-state index contributed by atoms with van der Waals surface area (Å²) in [6.45, 7) is 6.23. The quantitative estimate of drug-likeness (QED) is 0.792. The molecule has 1 saturated carbocycles. The number of benzene rings is 1. The van der Waals surface area contributed by atoms with E-state index in [4.69, 9.17) is 15.2 Å². The molecule has 0 saturated heterocycles. The third-order valence-electron chi connectivity index (χ3n) is 4.87. The second-order valence-electron chi connectivity index (χ2n) is 8.22. The molecule has 2 amide bonds. The fourth-order valence-electron chi connectivity index (χ4n) is 3.47. The predicted octanol–water partition coefficient (Wildman–Crippen LogP) is 3.27. The van der Waals surface area contributed by atoms with Crippen LogP contribution in [-0.4, -0.2) is 36.5 Å². The molecule has 2 N–H and O–H groups in total. The van der Waals surface area contributed by atoms with Crippen LogP contribution in [0.4, 0.5) is 0 Å². The predicted molar refractivity (Wildman–Crippen MR) is 105 cm³/mol. The largest absolute Gasteiger partial charge is 0.493 e. The fraction of sp³-hybridized carbons (Fsp3) is 0.619. The van der Waals surface area contributed by atoms with Crippen LogP contribution in [-0.2, 0) is 16.1 Å². The molecule has 27 heavy (non-hydrogen) atoms. The van der Waals surface area contributed by atoms with Gasteiger partial charge in [0, 0.05) is 18.0 Å². The molecule has 0 bridgehead atoms. The number of methoxy groups -OCH3 is 1. The highest BCUT2D eigenvalue weighted by molar-refractivity contribution is 5.82. The Balaban J connectivity index is 2.22. The van der Waals surface area contributed by atoms with E-state index in [-0.39, 0.29) is 18.6 Å². The number of nitrogens with zero attached hydrogens (tertiary/aromatic N) is 1. The molecule has 0 aromatic heterocycles. The molecule has 0 radical (unpaired) electrons. The SMILES string of the molecule is COc1cc(CN(C(=O)C(C)(C)C)C2CCCCC2)ccc1OCC(N)=O. The van der Waals surface area contributed by atoms with E-state index in [0.717, 1.165) is 18.4 Å². The molecule has 0 atom stereocenters. The van der Waals surface area contributed by atoms with Gasteiger partial charge < -0.3 is 20.1 Å². The van der Waals surface area contributed by atoms with Crippen molar-refractivity contribution in [1.82, 2.24) is 4.90 Å². The van der Waals surface area contributed by atoms with Crippen molar-refractivity contribution in [2.45, 2.75) is 65.5 Å². The lowest BCUT2D eigenvalue weighted by molar-refractivity contribution is -0.143. The average Bonchev–Trinajstić information content (AvgIpc) is 2.64. The van der Waals surface area contributed by atoms with E-state index in [9.17, 15) is 9.59 Å². The molecule has 6 nitrogen and oxygen atoms in total. The zero-order chi connectivity index (χ0) is 20.0. The number of nitrogens with two attached hydrogens (primary N) is 1. The van der Waals surface area contributed by atoms with E-state index < -0.39 is 11.3 Å². The summed E-state index contributed by atoms with van der Waals surface area (Å²) in [7, 11) is 1.55. The van der Waals surface area contributed by atoms with Crippen LogP contribution in [0.1, 0.15) is 58.4 Å². The third-order valence-corrected chi connectivity index (χ3v) is 4.87. The first-order valence-corrected chi connectivity index (χ1v) is 9.61. The maximum atomic E-state index is 13.1. The summed E-state index contributed by atoms with van der Waals surface area (Å²) < 4.78 is 10.8. The lowest BCUT2D eigenvalue weighted by Gasteiger charge is -2.38. The number of hydrogen-bond donors (Lipinski definition) is 1. The molecule has 1 fully saturated rings. The van der Waals surface area contributed by atoms with Crippen molar-refractivity contribution in [1.29, 1.82) is 0 Å². The standard InChI is InChI=1S/C21H32N2O4/c1-21(2,3)20(25)23(16-8-6-5-7-9-16)13-15-10-11-17(18(12-15)26-4)27-14-19(22)24/h10-12,16H,5-9,13-14H2,1-4H3,(H2,22,24). The molecule has 1 aliphatic rings. The molecule has 150 valence electrons. The van der Waals surface area contributed by atoms with Crippen LogP contribution in [0.3, 0.4) is 0 Å². The van der Waals surface area contributed by atoms with Gasteiger partial charge in [-0.05, 0) is 30.5 Å². The van der Waals surface area contributed by atoms with Crippen LogP contribution in [0.5, 0.6) is 11.5 Å². The van der Waals surface area contributed by atoms with Gasteiger partial charge in [-0.3, -0.25) is 9.59 Å². The Labute approximate surface area is 162 Å². The maximum Gasteiger partial charge on any atom is 0.255 e. The number of carbonyl (C=O) groups excluding carboxylic acids is 2. The smallest absolute Gasteiger partial charge is 0.255 e. The average molecular weight is 376 g/mol. The van der Waals surface area contributed by atoms with Gasteiger partial charge in [-0.1, -0.05) is 46.1 Å². The van der Waals surface area contributed by atoms with E-state index in [0.29, 0.717) is 18.0 Å². The minimum Gasteiger partial charge on any atom is -0.493 e. The van der Waals surface area contributed by atoms with Gasteiger partial charge in [0.25, 0.3) is 5.91 Å². The Morgan fingerprint density at radius 3 is 2.37 bits per heavy atom. The summed E-state index contributed by atoms with van der Waals surface area (Å²) in [6, 6.07) is 5.81. The molecule has 1 aromatic rings. The Bertz CT molecular complexity index is 661. The van der Waals surface area contributed by atoms with E-state index in [1.165, 1.54) is 19.3 Å². The lowest BCUT2D eigenvalue weighted by Crippen LogP contribution is -2.46. The van der Waals surface area contributed by atoms with Gasteiger partial charge in [0.05, 0.1) is 7.11 Å². The van der Waals surface area contributed by atoms with Crippen molar-refractivity contribution in [3.63, 3.8) is 0 Å². The highest BCUT2D eigenvalue weighted by Gasteiger charge is 2.32. The van der Waals surface area contributed by atoms with E-state index >= 15 is 0 Å². The third kappa shape index (κ3) is 5.88. The fourth-order valence-corrected chi connectivity index (χ4v) is 3.47. The van der Waals surface area contributed by atoms with Gasteiger partial charge in [-0.2, -0.15) is 0 Å². The van der Waals surface area contributed by atoms with E-state index in [1.54, 1.807) is 13.2 Å². The Morgan fingerprint density at radius 1 is 1.15 bits per heavy atom. The molecular weight excluding hydrogens is 344 g/mol. The van der Waals surface area contributed by atoms with Crippen molar-refractivity contribution >= 4 is 11.8 Å². The highest BCUT2D eigenvalue weighted by Crippen LogP contribution is 2.32. The molecule has 1 aromatic carbocycles. The lowest BCUT2D eigenvalue weighted by atomic mass is 9.89. The second-order valence-corrected chi connectivity index (χ2v) is 8.22. The van der Waals surface area contributed by atoms with Crippen molar-refractivity contribution in [2.24, 2.45) is 11.1 Å². The summed E-state index contributed by atoms with van der Waals surface area (Å²) in [5, 5.41) is 0. The molecule has 0 spiro atoms. The number of hydrogen-bond acceptors (Lipinski definition) is 4. The summed E-state index contributed by atoms with van der Waals surface area (Å²) in [5.74, 6) is 0.620. The minimum absolute atomic E-state index is 0.169. The monoisotopic (exact) mass is 376 g/mol. The zero-order valence-corrected chi connectivity index (χ0v) is 16.9. The van der Waals surface area contributed by atoms with Gasteiger partial charge in [0.15, 0.2) is 18.1 Å². The molecule has 2 rings (SSSR count). The summed E-state index contributed by atoms with van der Waals surface area (Å²) in [6.07, 6.45) is 5.69. The number of primary amides is 1. The molecule has 1 aliphatic carbocycles. The number of rotatable bonds is 7. The minimum atomic E-state index is -0.541. The Morgan fingerprint density at radius 2 is 1.81 bits per heavy atom. The van der Waals surface area contributed by atoms with Crippen LogP contribution in [0.25, 0.3) is 0 Å². The summed E-state index contributed by atoms with van der Waals surface area (Å²) in [5.41, 5.74) is 5.68. The maximum absolute atomic E-state index is 13.1. The van der Waals surface area contributed by atoms with Crippen LogP contribution < -0.4 is 15.2 Å². The van der Waals surface area contributed by atoms with E-state index in [1.807, 2.05) is 37.8 Å². The zero-order valence-electron chi connectivity index (χ0n) is 16.9. The number of amides is 2. The van der Waals surface area contributed by atoms with Crippen molar-refractivity contribution < 1.29 is 19.1 Å². The first kappa shape index (κ1) is 21.1. The second kappa shape index (κ2) is 9.11. The first-order valence-electron chi connectivity index (χ1n) is 9.61. The molecular formula is C21H32N2O4. The first-order chi connectivity index (χ1) is 12.7. The van der Waals surface area contributed by atoms with Gasteiger partial charge in [-0.25, -0.2) is 0 Å². The van der Waals surface area contributed by atoms with Crippen molar-refractivity contribution in [3.05, 3.63) is 23.8 Å². The van der Waals surface area contributed by atoms with Gasteiger partial charge in [-0.15, -0.1) is 0 Å². The summed E-state index contributed by atoms with van der Waals surface area (Å²) >= 11 is 0. The van der Waals surface area contributed by atoms with Gasteiger partial charge in [0.1, 0.15) is 0 Å². The molecule has 0 heterocycles. The van der Waals surface area contributed by atoms with Gasteiger partial charge >= 0.3 is 0 Å². The van der Waals surface area contributed by atoms with Crippen LogP contribution >= 0.6 is 0 Å². The number of carbonyl (C=O) groups is 2. The van der Waals surface area contributed by atoms with Crippen LogP contribution in [0.2, 0.25) is 0 Å². The highest BCUT2D eigenvalue weighted by atomic mass is 16.5. The summed E-state index contributed by atoms with van der Waals surface area (Å²) in [4.78, 5) is 26.1. The van der Waals surface area contributed by atoms with Gasteiger partial charge in [0.2, 0.25) is 5.91 Å². The van der Waals surface area contributed by atoms with Crippen LogP contribution in [0.15, 0.2) is 18.2 Å². The van der Waals surface area contributed by atoms with Crippen molar-refractivity contribution in [3.8, 4) is 11.5 Å². The number of ether oxygens (including phenoxy) is 2. The Hall–Kier alpha value is -2.24. The molecule has 6 heteroatoms. The van der Waals surface area contributed by atoms with Crippen LogP contribution in [0, 0.1) is 5.41 Å². The normalized spacial score (nSPS) is 15.3. The van der Waals surface area contributed by atoms with E-state index in [2.05, 4.69) is 0 Å². The van der Waals surface area contributed by atoms with Crippen molar-refractivity contribution in [2.75, 3.05) is 13.7 Å². The Kier molecular flexibility index (Phi) is 7.11. The molecule has 0 unspecified atom stereocenters. The molecule has 0 aliphatic heterocycles.